The SMILES string of the molecule is Cc1ccc(O)c(C(=O)CCn2nnc3ccc(C)cc32)c1. The fourth-order valence-electron chi connectivity index (χ4n) is 2.46. The quantitative estimate of drug-likeness (QED) is 0.751. The molecular formula is C17H17N3O2. The summed E-state index contributed by atoms with van der Waals surface area (Å²) < 4.78 is 1.73. The Morgan fingerprint density at radius 3 is 2.68 bits per heavy atom. The zero-order valence-electron chi connectivity index (χ0n) is 12.6. The van der Waals surface area contributed by atoms with Crippen LogP contribution in [0.3, 0.4) is 0 Å². The van der Waals surface area contributed by atoms with Crippen LogP contribution in [0, 0.1) is 13.8 Å². The second-order valence-electron chi connectivity index (χ2n) is 5.50. The van der Waals surface area contributed by atoms with E-state index in [1.54, 1.807) is 22.9 Å². The normalized spacial score (nSPS) is 11.0. The fraction of sp³-hybridized carbons (Fsp3) is 0.235. The number of benzene rings is 2. The van der Waals surface area contributed by atoms with Crippen molar-refractivity contribution in [3.05, 3.63) is 53.1 Å². The van der Waals surface area contributed by atoms with E-state index in [-0.39, 0.29) is 18.0 Å². The van der Waals surface area contributed by atoms with Gasteiger partial charge in [0.15, 0.2) is 5.78 Å². The molecule has 0 atom stereocenters. The lowest BCUT2D eigenvalue weighted by atomic mass is 10.0. The van der Waals surface area contributed by atoms with E-state index in [2.05, 4.69) is 10.3 Å². The van der Waals surface area contributed by atoms with Crippen molar-refractivity contribution >= 4 is 16.8 Å². The number of carbonyl (C=O) groups excluding carboxylic acids is 1. The van der Waals surface area contributed by atoms with Gasteiger partial charge in [0.05, 0.1) is 17.6 Å². The maximum atomic E-state index is 12.3. The minimum atomic E-state index is -0.0995. The minimum Gasteiger partial charge on any atom is -0.507 e. The molecule has 112 valence electrons. The summed E-state index contributed by atoms with van der Waals surface area (Å²) >= 11 is 0. The van der Waals surface area contributed by atoms with Crippen molar-refractivity contribution < 1.29 is 9.90 Å². The van der Waals surface area contributed by atoms with Crippen LogP contribution in [0.25, 0.3) is 11.0 Å². The van der Waals surface area contributed by atoms with Crippen molar-refractivity contribution in [3.8, 4) is 5.75 Å². The van der Waals surface area contributed by atoms with Crippen LogP contribution in [0.4, 0.5) is 0 Å². The Morgan fingerprint density at radius 2 is 1.86 bits per heavy atom. The highest BCUT2D eigenvalue weighted by Crippen LogP contribution is 2.20. The lowest BCUT2D eigenvalue weighted by Crippen LogP contribution is -2.08. The molecule has 3 rings (SSSR count). The summed E-state index contributed by atoms with van der Waals surface area (Å²) in [7, 11) is 0. The van der Waals surface area contributed by atoms with Gasteiger partial charge in [0.25, 0.3) is 0 Å². The molecule has 1 heterocycles. The highest BCUT2D eigenvalue weighted by Gasteiger charge is 2.13. The van der Waals surface area contributed by atoms with Gasteiger partial charge in [-0.25, -0.2) is 4.68 Å². The third-order valence-corrected chi connectivity index (χ3v) is 3.67. The van der Waals surface area contributed by atoms with Crippen LogP contribution >= 0.6 is 0 Å². The van der Waals surface area contributed by atoms with Crippen LogP contribution in [-0.4, -0.2) is 25.9 Å². The number of hydrogen-bond acceptors (Lipinski definition) is 4. The molecule has 0 fully saturated rings. The molecule has 0 spiro atoms. The molecule has 0 amide bonds. The predicted octanol–water partition coefficient (Wildman–Crippen LogP) is 3.03. The molecule has 5 nitrogen and oxygen atoms in total. The largest absolute Gasteiger partial charge is 0.507 e. The summed E-state index contributed by atoms with van der Waals surface area (Å²) in [4.78, 5) is 12.3. The number of ketones is 1. The van der Waals surface area contributed by atoms with Gasteiger partial charge in [-0.1, -0.05) is 22.9 Å². The van der Waals surface area contributed by atoms with Crippen LogP contribution in [0.15, 0.2) is 36.4 Å². The average Bonchev–Trinajstić information content (AvgIpc) is 2.89. The molecular weight excluding hydrogens is 278 g/mol. The zero-order chi connectivity index (χ0) is 15.7. The summed E-state index contributed by atoms with van der Waals surface area (Å²) in [5.74, 6) is -0.0765. The Hall–Kier alpha value is -2.69. The first kappa shape index (κ1) is 14.3. The van der Waals surface area contributed by atoms with Crippen molar-refractivity contribution in [2.24, 2.45) is 0 Å². The fourth-order valence-corrected chi connectivity index (χ4v) is 2.46. The maximum absolute atomic E-state index is 12.3. The number of hydrogen-bond donors (Lipinski definition) is 1. The number of rotatable bonds is 4. The van der Waals surface area contributed by atoms with Crippen LogP contribution in [0.2, 0.25) is 0 Å². The van der Waals surface area contributed by atoms with Gasteiger partial charge in [0.1, 0.15) is 11.3 Å². The molecule has 22 heavy (non-hydrogen) atoms. The van der Waals surface area contributed by atoms with E-state index < -0.39 is 0 Å². The molecule has 0 saturated carbocycles. The van der Waals surface area contributed by atoms with E-state index in [9.17, 15) is 9.90 Å². The van der Waals surface area contributed by atoms with Gasteiger partial charge >= 0.3 is 0 Å². The monoisotopic (exact) mass is 295 g/mol. The molecule has 2 aromatic carbocycles. The zero-order valence-corrected chi connectivity index (χ0v) is 12.6. The second-order valence-corrected chi connectivity index (χ2v) is 5.50. The summed E-state index contributed by atoms with van der Waals surface area (Å²) in [5, 5.41) is 18.0. The summed E-state index contributed by atoms with van der Waals surface area (Å²) in [6.07, 6.45) is 0.267. The van der Waals surface area contributed by atoms with Crippen LogP contribution in [0.1, 0.15) is 27.9 Å². The number of nitrogens with zero attached hydrogens (tertiary/aromatic N) is 3. The van der Waals surface area contributed by atoms with E-state index in [1.165, 1.54) is 0 Å². The number of carbonyl (C=O) groups is 1. The number of Topliss-reactive ketones (excluding diaryl/α,β-unsaturated/α-hetero) is 1. The van der Waals surface area contributed by atoms with Gasteiger partial charge in [-0.3, -0.25) is 4.79 Å². The first-order valence-corrected chi connectivity index (χ1v) is 7.17. The van der Waals surface area contributed by atoms with Crippen molar-refractivity contribution in [1.29, 1.82) is 0 Å². The molecule has 0 aliphatic heterocycles. The van der Waals surface area contributed by atoms with Crippen LogP contribution in [0.5, 0.6) is 5.75 Å². The summed E-state index contributed by atoms with van der Waals surface area (Å²) in [6, 6.07) is 10.9. The highest BCUT2D eigenvalue weighted by molar-refractivity contribution is 5.98. The lowest BCUT2D eigenvalue weighted by molar-refractivity contribution is 0.0973. The van der Waals surface area contributed by atoms with Crippen LogP contribution < -0.4 is 0 Å². The number of aryl methyl sites for hydroxylation is 3. The molecule has 0 bridgehead atoms. The minimum absolute atomic E-state index is 0.0230. The molecule has 0 aliphatic rings. The molecule has 5 heteroatoms. The standard InChI is InChI=1S/C17H17N3O2/c1-11-4-6-16(21)13(9-11)17(22)7-8-20-15-10-12(2)3-5-14(15)18-19-20/h3-6,9-10,21H,7-8H2,1-2H3. The van der Waals surface area contributed by atoms with Gasteiger partial charge in [-0.2, -0.15) is 0 Å². The first-order chi connectivity index (χ1) is 10.5. The first-order valence-electron chi connectivity index (χ1n) is 7.17. The Bertz CT molecular complexity index is 852. The Balaban J connectivity index is 1.80. The van der Waals surface area contributed by atoms with Gasteiger partial charge in [0, 0.05) is 6.42 Å². The van der Waals surface area contributed by atoms with Crippen molar-refractivity contribution in [2.45, 2.75) is 26.8 Å². The van der Waals surface area contributed by atoms with Gasteiger partial charge in [-0.15, -0.1) is 5.10 Å². The molecule has 0 radical (unpaired) electrons. The Morgan fingerprint density at radius 1 is 1.14 bits per heavy atom. The van der Waals surface area contributed by atoms with E-state index in [0.717, 1.165) is 22.2 Å². The third-order valence-electron chi connectivity index (χ3n) is 3.67. The van der Waals surface area contributed by atoms with Crippen LogP contribution in [-0.2, 0) is 6.54 Å². The molecule has 1 aromatic heterocycles. The van der Waals surface area contributed by atoms with Crippen molar-refractivity contribution in [1.82, 2.24) is 15.0 Å². The lowest BCUT2D eigenvalue weighted by Gasteiger charge is -2.06. The third kappa shape index (κ3) is 2.70. The van der Waals surface area contributed by atoms with Gasteiger partial charge in [0.2, 0.25) is 0 Å². The molecule has 3 aromatic rings. The number of fused-ring (bicyclic) bond motifs is 1. The van der Waals surface area contributed by atoms with E-state index >= 15 is 0 Å². The number of aromatic nitrogens is 3. The van der Waals surface area contributed by atoms with E-state index in [0.29, 0.717) is 12.1 Å². The van der Waals surface area contributed by atoms with Crippen molar-refractivity contribution in [3.63, 3.8) is 0 Å². The Labute approximate surface area is 128 Å². The van der Waals surface area contributed by atoms with Gasteiger partial charge < -0.3 is 5.11 Å². The average molecular weight is 295 g/mol. The van der Waals surface area contributed by atoms with E-state index in [4.69, 9.17) is 0 Å². The predicted molar refractivity (Wildman–Crippen MR) is 84.1 cm³/mol. The number of aromatic hydroxyl groups is 1. The van der Waals surface area contributed by atoms with E-state index in [1.807, 2.05) is 32.0 Å². The summed E-state index contributed by atoms with van der Waals surface area (Å²) in [6.45, 7) is 4.34. The maximum Gasteiger partial charge on any atom is 0.168 e. The molecule has 0 aliphatic carbocycles. The van der Waals surface area contributed by atoms with Gasteiger partial charge in [-0.05, 0) is 43.7 Å². The van der Waals surface area contributed by atoms with Crippen molar-refractivity contribution in [2.75, 3.05) is 0 Å². The number of phenols is 1. The second kappa shape index (κ2) is 5.60. The number of phenolic OH excluding ortho intramolecular Hbond substituents is 1. The summed E-state index contributed by atoms with van der Waals surface area (Å²) in [5.41, 5.74) is 4.17. The topological polar surface area (TPSA) is 68.0 Å². The molecule has 0 saturated heterocycles. The highest BCUT2D eigenvalue weighted by atomic mass is 16.3. The molecule has 1 N–H and O–H groups in total. The molecule has 0 unspecified atom stereocenters. The smallest absolute Gasteiger partial charge is 0.168 e. The Kier molecular flexibility index (Phi) is 3.63.